The lowest BCUT2D eigenvalue weighted by molar-refractivity contribution is -0.119. The number of fused-ring (bicyclic) bond motifs is 3. The van der Waals surface area contributed by atoms with E-state index in [0.717, 1.165) is 32.3 Å². The molecule has 1 saturated heterocycles. The highest BCUT2D eigenvalue weighted by molar-refractivity contribution is 7.91. The zero-order valence-corrected chi connectivity index (χ0v) is 18.7. The third-order valence-corrected chi connectivity index (χ3v) is 9.75. The largest absolute Gasteiger partial charge is 0.301 e. The Labute approximate surface area is 186 Å². The third kappa shape index (κ3) is 3.40. The van der Waals surface area contributed by atoms with E-state index in [1.54, 1.807) is 6.07 Å². The Kier molecular flexibility index (Phi) is 5.03. The summed E-state index contributed by atoms with van der Waals surface area (Å²) in [6.07, 6.45) is 1.10. The zero-order chi connectivity index (χ0) is 20.9. The lowest BCUT2D eigenvalue weighted by atomic mass is 10.1. The van der Waals surface area contributed by atoms with E-state index in [1.165, 1.54) is 21.7 Å². The maximum absolute atomic E-state index is 13.0. The Hall–Kier alpha value is -2.04. The van der Waals surface area contributed by atoms with Crippen molar-refractivity contribution in [1.29, 1.82) is 0 Å². The van der Waals surface area contributed by atoms with E-state index in [2.05, 4.69) is 10.3 Å². The normalized spacial score (nSPS) is 17.7. The fourth-order valence-corrected chi connectivity index (χ4v) is 8.01. The van der Waals surface area contributed by atoms with Gasteiger partial charge in [0, 0.05) is 11.9 Å². The molecule has 6 nitrogen and oxygen atoms in total. The SMILES string of the molecule is O=C(Nc1nc2ccc3ccccc3c2s1)C1CCCN1S(=O)(=O)c1ccc(Cl)s1. The molecule has 0 saturated carbocycles. The highest BCUT2D eigenvalue weighted by Gasteiger charge is 2.40. The Morgan fingerprint density at radius 2 is 1.97 bits per heavy atom. The minimum Gasteiger partial charge on any atom is -0.301 e. The van der Waals surface area contributed by atoms with Crippen molar-refractivity contribution < 1.29 is 13.2 Å². The number of carbonyl (C=O) groups is 1. The number of thiazole rings is 1. The number of carbonyl (C=O) groups excluding carboxylic acids is 1. The van der Waals surface area contributed by atoms with E-state index in [-0.39, 0.29) is 10.1 Å². The zero-order valence-electron chi connectivity index (χ0n) is 15.5. The van der Waals surface area contributed by atoms with Gasteiger partial charge in [-0.3, -0.25) is 4.79 Å². The van der Waals surface area contributed by atoms with E-state index in [9.17, 15) is 13.2 Å². The lowest BCUT2D eigenvalue weighted by Crippen LogP contribution is -2.42. The number of halogens is 1. The first-order valence-corrected chi connectivity index (χ1v) is 12.7. The number of benzene rings is 2. The van der Waals surface area contributed by atoms with Gasteiger partial charge in [-0.25, -0.2) is 13.4 Å². The molecule has 1 unspecified atom stereocenters. The van der Waals surface area contributed by atoms with Gasteiger partial charge in [-0.05, 0) is 36.4 Å². The number of anilines is 1. The van der Waals surface area contributed by atoms with Crippen LogP contribution in [0.25, 0.3) is 21.0 Å². The van der Waals surface area contributed by atoms with Crippen LogP contribution in [0.2, 0.25) is 4.34 Å². The summed E-state index contributed by atoms with van der Waals surface area (Å²) in [5.74, 6) is -0.359. The quantitative estimate of drug-likeness (QED) is 0.450. The molecule has 30 heavy (non-hydrogen) atoms. The van der Waals surface area contributed by atoms with E-state index in [1.807, 2.05) is 36.4 Å². The molecule has 2 aromatic carbocycles. The average molecular weight is 478 g/mol. The number of hydrogen-bond donors (Lipinski definition) is 1. The van der Waals surface area contributed by atoms with Crippen molar-refractivity contribution in [2.45, 2.75) is 23.1 Å². The molecule has 1 aliphatic rings. The van der Waals surface area contributed by atoms with Crippen LogP contribution in [0.15, 0.2) is 52.7 Å². The van der Waals surface area contributed by atoms with E-state index >= 15 is 0 Å². The van der Waals surface area contributed by atoms with Gasteiger partial charge >= 0.3 is 0 Å². The monoisotopic (exact) mass is 477 g/mol. The highest BCUT2D eigenvalue weighted by atomic mass is 35.5. The molecule has 0 aliphatic carbocycles. The van der Waals surface area contributed by atoms with Gasteiger partial charge in [-0.15, -0.1) is 11.3 Å². The molecular formula is C20H16ClN3O3S3. The van der Waals surface area contributed by atoms with Gasteiger partial charge in [0.25, 0.3) is 10.0 Å². The van der Waals surface area contributed by atoms with Gasteiger partial charge in [0.05, 0.1) is 14.6 Å². The van der Waals surface area contributed by atoms with Gasteiger partial charge < -0.3 is 5.32 Å². The van der Waals surface area contributed by atoms with E-state index in [0.29, 0.717) is 28.9 Å². The maximum Gasteiger partial charge on any atom is 0.253 e. The molecule has 4 aromatic rings. The summed E-state index contributed by atoms with van der Waals surface area (Å²) in [4.78, 5) is 17.5. The van der Waals surface area contributed by atoms with Crippen molar-refractivity contribution in [2.75, 3.05) is 11.9 Å². The van der Waals surface area contributed by atoms with Crippen molar-refractivity contribution in [3.63, 3.8) is 0 Å². The second kappa shape index (κ2) is 7.58. The Morgan fingerprint density at radius 3 is 2.77 bits per heavy atom. The van der Waals surface area contributed by atoms with Crippen LogP contribution in [0.1, 0.15) is 12.8 Å². The molecule has 1 atom stereocenters. The topological polar surface area (TPSA) is 79.4 Å². The first kappa shape index (κ1) is 19.9. The Balaban J connectivity index is 1.42. The van der Waals surface area contributed by atoms with Crippen LogP contribution in [-0.2, 0) is 14.8 Å². The first-order valence-electron chi connectivity index (χ1n) is 9.30. The summed E-state index contributed by atoms with van der Waals surface area (Å²) in [6, 6.07) is 14.2. The van der Waals surface area contributed by atoms with Crippen LogP contribution < -0.4 is 5.32 Å². The number of sulfonamides is 1. The predicted octanol–water partition coefficient (Wildman–Crippen LogP) is 4.96. The van der Waals surface area contributed by atoms with Crippen LogP contribution in [0.4, 0.5) is 5.13 Å². The van der Waals surface area contributed by atoms with Crippen molar-refractivity contribution in [3.8, 4) is 0 Å². The molecule has 154 valence electrons. The van der Waals surface area contributed by atoms with Crippen molar-refractivity contribution in [3.05, 3.63) is 52.9 Å². The van der Waals surface area contributed by atoms with Gasteiger partial charge in [0.1, 0.15) is 10.3 Å². The summed E-state index contributed by atoms with van der Waals surface area (Å²) in [5.41, 5.74) is 0.804. The molecular weight excluding hydrogens is 462 g/mol. The standard InChI is InChI=1S/C20H16ClN3O3S3/c21-16-9-10-17(28-16)30(26,27)24-11-3-6-15(24)19(25)23-20-22-14-8-7-12-4-1-2-5-13(12)18(14)29-20/h1-2,4-5,7-10,15H,3,6,11H2,(H,22,23,25). The van der Waals surface area contributed by atoms with Crippen LogP contribution in [0.3, 0.4) is 0 Å². The molecule has 3 heterocycles. The number of thiophene rings is 1. The predicted molar refractivity (Wildman–Crippen MR) is 122 cm³/mol. The minimum absolute atomic E-state index is 0.152. The smallest absolute Gasteiger partial charge is 0.253 e. The van der Waals surface area contributed by atoms with Crippen molar-refractivity contribution in [1.82, 2.24) is 9.29 Å². The molecule has 1 aliphatic heterocycles. The molecule has 1 amide bonds. The van der Waals surface area contributed by atoms with Gasteiger partial charge in [0.2, 0.25) is 5.91 Å². The number of aromatic nitrogens is 1. The number of rotatable bonds is 4. The summed E-state index contributed by atoms with van der Waals surface area (Å²) in [7, 11) is -3.77. The summed E-state index contributed by atoms with van der Waals surface area (Å²) in [5, 5.41) is 5.49. The fourth-order valence-electron chi connectivity index (χ4n) is 3.74. The number of hydrogen-bond acceptors (Lipinski definition) is 6. The summed E-state index contributed by atoms with van der Waals surface area (Å²) < 4.78 is 28.8. The molecule has 1 fully saturated rings. The molecule has 5 rings (SSSR count). The van der Waals surface area contributed by atoms with E-state index in [4.69, 9.17) is 11.6 Å². The van der Waals surface area contributed by atoms with Crippen molar-refractivity contribution >= 4 is 76.3 Å². The lowest BCUT2D eigenvalue weighted by Gasteiger charge is -2.22. The van der Waals surface area contributed by atoms with Gasteiger partial charge in [-0.1, -0.05) is 53.3 Å². The first-order chi connectivity index (χ1) is 14.4. The molecule has 2 aromatic heterocycles. The van der Waals surface area contributed by atoms with Gasteiger partial charge in [-0.2, -0.15) is 4.31 Å². The van der Waals surface area contributed by atoms with E-state index < -0.39 is 16.1 Å². The summed E-state index contributed by atoms with van der Waals surface area (Å²) in [6.45, 7) is 0.306. The number of amides is 1. The molecule has 0 spiro atoms. The second-order valence-corrected chi connectivity index (χ2v) is 11.8. The highest BCUT2D eigenvalue weighted by Crippen LogP contribution is 2.35. The minimum atomic E-state index is -3.77. The summed E-state index contributed by atoms with van der Waals surface area (Å²) >= 11 is 8.30. The number of nitrogens with one attached hydrogen (secondary N) is 1. The van der Waals surface area contributed by atoms with Crippen molar-refractivity contribution in [2.24, 2.45) is 0 Å². The van der Waals surface area contributed by atoms with Crippen LogP contribution in [0.5, 0.6) is 0 Å². The Morgan fingerprint density at radius 1 is 1.13 bits per heavy atom. The molecule has 0 radical (unpaired) electrons. The maximum atomic E-state index is 13.0. The third-order valence-electron chi connectivity index (χ3n) is 5.13. The van der Waals surface area contributed by atoms with Crippen LogP contribution in [0, 0.1) is 0 Å². The number of nitrogens with zero attached hydrogens (tertiary/aromatic N) is 2. The van der Waals surface area contributed by atoms with Gasteiger partial charge in [0.15, 0.2) is 5.13 Å². The molecule has 1 N–H and O–H groups in total. The average Bonchev–Trinajstić information content (AvgIpc) is 3.47. The second-order valence-electron chi connectivity index (χ2n) is 6.98. The molecule has 10 heteroatoms. The van der Waals surface area contributed by atoms with Crippen LogP contribution >= 0.6 is 34.3 Å². The fraction of sp³-hybridized carbons (Fsp3) is 0.200. The Bertz CT molecular complexity index is 1380. The molecule has 0 bridgehead atoms. The van der Waals surface area contributed by atoms with Crippen LogP contribution in [-0.4, -0.2) is 36.2 Å².